The minimum absolute atomic E-state index is 0.0232. The van der Waals surface area contributed by atoms with Gasteiger partial charge >= 0.3 is 6.03 Å². The van der Waals surface area contributed by atoms with Crippen molar-refractivity contribution in [3.05, 3.63) is 29.8 Å². The fraction of sp³-hybridized carbons (Fsp3) is 0.500. The van der Waals surface area contributed by atoms with Crippen LogP contribution in [0.25, 0.3) is 0 Å². The summed E-state index contributed by atoms with van der Waals surface area (Å²) in [5.41, 5.74) is 7.88. The van der Waals surface area contributed by atoms with Gasteiger partial charge in [0.1, 0.15) is 0 Å². The lowest BCUT2D eigenvalue weighted by Gasteiger charge is -2.50. The number of hydrogen-bond acceptors (Lipinski definition) is 2. The fourth-order valence-corrected chi connectivity index (χ4v) is 2.17. The summed E-state index contributed by atoms with van der Waals surface area (Å²) < 4.78 is 0. The van der Waals surface area contributed by atoms with Crippen LogP contribution in [0.4, 0.5) is 10.5 Å². The van der Waals surface area contributed by atoms with Crippen molar-refractivity contribution in [3.8, 4) is 0 Å². The van der Waals surface area contributed by atoms with Crippen LogP contribution in [0.5, 0.6) is 0 Å². The van der Waals surface area contributed by atoms with Crippen molar-refractivity contribution in [1.82, 2.24) is 5.32 Å². The molecule has 0 aliphatic heterocycles. The van der Waals surface area contributed by atoms with Gasteiger partial charge in [-0.05, 0) is 25.5 Å². The molecule has 1 saturated carbocycles. The minimum Gasteiger partial charge on any atom is -0.334 e. The Bertz CT molecular complexity index is 439. The van der Waals surface area contributed by atoms with Crippen LogP contribution in [0.1, 0.15) is 25.8 Å². The van der Waals surface area contributed by atoms with E-state index in [0.29, 0.717) is 0 Å². The highest BCUT2D eigenvalue weighted by molar-refractivity contribution is 5.89. The van der Waals surface area contributed by atoms with Gasteiger partial charge in [-0.1, -0.05) is 31.5 Å². The molecule has 0 bridgehead atoms. The molecule has 1 aromatic carbocycles. The first-order chi connectivity index (χ1) is 8.39. The summed E-state index contributed by atoms with van der Waals surface area (Å²) in [5.74, 6) is 0. The summed E-state index contributed by atoms with van der Waals surface area (Å²) in [6, 6.07) is 7.89. The van der Waals surface area contributed by atoms with Crippen molar-refractivity contribution in [2.75, 3.05) is 5.32 Å². The van der Waals surface area contributed by atoms with E-state index in [4.69, 9.17) is 5.73 Å². The monoisotopic (exact) mass is 247 g/mol. The zero-order valence-corrected chi connectivity index (χ0v) is 11.2. The van der Waals surface area contributed by atoms with E-state index >= 15 is 0 Å². The number of amides is 2. The number of carbonyl (C=O) groups is 1. The highest BCUT2D eigenvalue weighted by Gasteiger charge is 2.46. The summed E-state index contributed by atoms with van der Waals surface area (Å²) >= 11 is 0. The van der Waals surface area contributed by atoms with Gasteiger partial charge in [0.25, 0.3) is 0 Å². The highest BCUT2D eigenvalue weighted by atomic mass is 16.2. The number of nitrogens with two attached hydrogens (primary N) is 1. The SMILES string of the molecule is Cc1ccc(NC(=O)NC2CC(N)C2(C)C)cc1. The van der Waals surface area contributed by atoms with Crippen molar-refractivity contribution in [1.29, 1.82) is 0 Å². The molecule has 0 aromatic heterocycles. The van der Waals surface area contributed by atoms with Crippen LogP contribution in [-0.4, -0.2) is 18.1 Å². The fourth-order valence-electron chi connectivity index (χ4n) is 2.17. The molecule has 98 valence electrons. The molecular formula is C14H21N3O. The normalized spacial score (nSPS) is 25.1. The van der Waals surface area contributed by atoms with Crippen molar-refractivity contribution in [3.63, 3.8) is 0 Å². The lowest BCUT2D eigenvalue weighted by Crippen LogP contribution is -2.64. The van der Waals surface area contributed by atoms with E-state index in [0.717, 1.165) is 12.1 Å². The van der Waals surface area contributed by atoms with Crippen molar-refractivity contribution in [2.24, 2.45) is 11.1 Å². The molecule has 4 nitrogen and oxygen atoms in total. The molecule has 1 aromatic rings. The molecule has 2 unspecified atom stereocenters. The zero-order chi connectivity index (χ0) is 13.3. The van der Waals surface area contributed by atoms with Crippen molar-refractivity contribution >= 4 is 11.7 Å². The van der Waals surface area contributed by atoms with Gasteiger partial charge in [0, 0.05) is 23.2 Å². The third kappa shape index (κ3) is 2.48. The van der Waals surface area contributed by atoms with Gasteiger partial charge in [0.15, 0.2) is 0 Å². The Labute approximate surface area is 108 Å². The minimum atomic E-state index is -0.163. The number of rotatable bonds is 2. The van der Waals surface area contributed by atoms with Gasteiger partial charge in [0.05, 0.1) is 0 Å². The molecule has 2 rings (SSSR count). The lowest BCUT2D eigenvalue weighted by molar-refractivity contribution is 0.0815. The Hall–Kier alpha value is -1.55. The van der Waals surface area contributed by atoms with Crippen LogP contribution in [0.2, 0.25) is 0 Å². The van der Waals surface area contributed by atoms with E-state index < -0.39 is 0 Å². The summed E-state index contributed by atoms with van der Waals surface area (Å²) in [6.07, 6.45) is 0.842. The third-order valence-corrected chi connectivity index (χ3v) is 3.96. The second kappa shape index (κ2) is 4.61. The zero-order valence-electron chi connectivity index (χ0n) is 11.2. The van der Waals surface area contributed by atoms with Gasteiger partial charge in [-0.25, -0.2) is 4.79 Å². The smallest absolute Gasteiger partial charge is 0.319 e. The molecule has 1 fully saturated rings. The van der Waals surface area contributed by atoms with Gasteiger partial charge in [-0.2, -0.15) is 0 Å². The van der Waals surface area contributed by atoms with Crippen LogP contribution in [0, 0.1) is 12.3 Å². The van der Waals surface area contributed by atoms with Gasteiger partial charge < -0.3 is 16.4 Å². The first-order valence-electron chi connectivity index (χ1n) is 6.29. The number of anilines is 1. The average Bonchev–Trinajstić information content (AvgIpc) is 2.32. The molecule has 0 radical (unpaired) electrons. The molecule has 4 heteroatoms. The molecular weight excluding hydrogens is 226 g/mol. The number of urea groups is 1. The Morgan fingerprint density at radius 3 is 2.44 bits per heavy atom. The van der Waals surface area contributed by atoms with Crippen molar-refractivity contribution in [2.45, 2.75) is 39.3 Å². The molecule has 2 atom stereocenters. The number of hydrogen-bond donors (Lipinski definition) is 3. The van der Waals surface area contributed by atoms with E-state index in [1.807, 2.05) is 31.2 Å². The van der Waals surface area contributed by atoms with E-state index in [-0.39, 0.29) is 23.5 Å². The Kier molecular flexibility index (Phi) is 3.30. The maximum Gasteiger partial charge on any atom is 0.319 e. The lowest BCUT2D eigenvalue weighted by atomic mass is 9.63. The number of carbonyl (C=O) groups excluding carboxylic acids is 1. The molecule has 18 heavy (non-hydrogen) atoms. The predicted octanol–water partition coefficient (Wildman–Crippen LogP) is 2.24. The van der Waals surface area contributed by atoms with Gasteiger partial charge in [-0.3, -0.25) is 0 Å². The quantitative estimate of drug-likeness (QED) is 0.750. The summed E-state index contributed by atoms with van der Waals surface area (Å²) in [7, 11) is 0. The Morgan fingerprint density at radius 2 is 1.94 bits per heavy atom. The number of aryl methyl sites for hydroxylation is 1. The van der Waals surface area contributed by atoms with Crippen LogP contribution in [-0.2, 0) is 0 Å². The second-order valence-corrected chi connectivity index (χ2v) is 5.68. The van der Waals surface area contributed by atoms with Crippen molar-refractivity contribution < 1.29 is 4.79 Å². The van der Waals surface area contributed by atoms with E-state index in [1.54, 1.807) is 0 Å². The van der Waals surface area contributed by atoms with E-state index in [9.17, 15) is 4.79 Å². The van der Waals surface area contributed by atoms with Crippen LogP contribution >= 0.6 is 0 Å². The molecule has 0 saturated heterocycles. The Balaban J connectivity index is 1.88. The molecule has 4 N–H and O–H groups in total. The standard InChI is InChI=1S/C14H21N3O/c1-9-4-6-10(7-5-9)16-13(18)17-12-8-11(15)14(12,2)3/h4-7,11-12H,8,15H2,1-3H3,(H2,16,17,18). The predicted molar refractivity (Wildman–Crippen MR) is 73.5 cm³/mol. The van der Waals surface area contributed by atoms with Crippen LogP contribution in [0.3, 0.4) is 0 Å². The van der Waals surface area contributed by atoms with Crippen LogP contribution in [0.15, 0.2) is 24.3 Å². The Morgan fingerprint density at radius 1 is 1.33 bits per heavy atom. The maximum absolute atomic E-state index is 11.8. The average molecular weight is 247 g/mol. The van der Waals surface area contributed by atoms with Gasteiger partial charge in [-0.15, -0.1) is 0 Å². The summed E-state index contributed by atoms with van der Waals surface area (Å²) in [4.78, 5) is 11.8. The number of benzene rings is 1. The molecule has 0 spiro atoms. The maximum atomic E-state index is 11.8. The molecule has 1 aliphatic rings. The topological polar surface area (TPSA) is 67.2 Å². The first kappa shape index (κ1) is 12.9. The molecule has 0 heterocycles. The first-order valence-corrected chi connectivity index (χ1v) is 6.29. The van der Waals surface area contributed by atoms with Crippen LogP contribution < -0.4 is 16.4 Å². The largest absolute Gasteiger partial charge is 0.334 e. The van der Waals surface area contributed by atoms with E-state index in [2.05, 4.69) is 24.5 Å². The molecule has 1 aliphatic carbocycles. The highest BCUT2D eigenvalue weighted by Crippen LogP contribution is 2.38. The van der Waals surface area contributed by atoms with Gasteiger partial charge in [0.2, 0.25) is 0 Å². The summed E-state index contributed by atoms with van der Waals surface area (Å²) in [6.45, 7) is 6.18. The number of nitrogens with one attached hydrogen (secondary N) is 2. The third-order valence-electron chi connectivity index (χ3n) is 3.96. The van der Waals surface area contributed by atoms with E-state index in [1.165, 1.54) is 5.56 Å². The molecule has 2 amide bonds. The summed E-state index contributed by atoms with van der Waals surface area (Å²) in [5, 5.41) is 5.80. The second-order valence-electron chi connectivity index (χ2n) is 5.68.